The van der Waals surface area contributed by atoms with Crippen LogP contribution in [-0.2, 0) is 14.3 Å². The predicted octanol–water partition coefficient (Wildman–Crippen LogP) is 4.13. The van der Waals surface area contributed by atoms with Gasteiger partial charge in [0, 0.05) is 17.6 Å². The number of esters is 1. The van der Waals surface area contributed by atoms with Gasteiger partial charge in [-0.1, -0.05) is 26.5 Å². The van der Waals surface area contributed by atoms with Gasteiger partial charge in [0.15, 0.2) is 5.78 Å². The smallest absolute Gasteiger partial charge is 0.336 e. The fraction of sp³-hybridized carbons (Fsp3) is 0.478. The Labute approximate surface area is 181 Å². The van der Waals surface area contributed by atoms with Crippen LogP contribution in [-0.4, -0.2) is 51.7 Å². The average molecular weight is 434 g/mol. The number of hydrogen-bond acceptors (Lipinski definition) is 6. The van der Waals surface area contributed by atoms with Crippen LogP contribution in [0.5, 0.6) is 0 Å². The van der Waals surface area contributed by atoms with Crippen molar-refractivity contribution >= 4 is 23.7 Å². The maximum Gasteiger partial charge on any atom is 0.336 e. The lowest BCUT2D eigenvalue weighted by Gasteiger charge is -2.32. The third-order valence-electron chi connectivity index (χ3n) is 5.38. The van der Waals surface area contributed by atoms with E-state index in [4.69, 9.17) is 14.6 Å². The molecule has 2 unspecified atom stereocenters. The van der Waals surface area contributed by atoms with E-state index in [0.717, 1.165) is 12.1 Å². The van der Waals surface area contributed by atoms with Crippen LogP contribution in [0.3, 0.4) is 0 Å². The Morgan fingerprint density at radius 1 is 1.00 bits per heavy atom. The highest BCUT2D eigenvalue weighted by molar-refractivity contribution is 6.07. The molecule has 0 saturated carbocycles. The van der Waals surface area contributed by atoms with E-state index < -0.39 is 46.0 Å². The minimum Gasteiger partial charge on any atom is -0.478 e. The number of rotatable bonds is 12. The predicted molar refractivity (Wildman–Crippen MR) is 114 cm³/mol. The zero-order valence-corrected chi connectivity index (χ0v) is 18.6. The number of hydrogen-bond donors (Lipinski definition) is 2. The van der Waals surface area contributed by atoms with Crippen molar-refractivity contribution in [2.45, 2.75) is 65.1 Å². The molecule has 8 nitrogen and oxygen atoms in total. The first-order valence-corrected chi connectivity index (χ1v) is 9.98. The Bertz CT molecular complexity index is 888. The maximum atomic E-state index is 13.1. The molecule has 0 heterocycles. The SMILES string of the molecule is C=C(C)C(=O)OC(C)(CC)CCOC(C)(CC)C(=O)c1ccc(C(=O)O)c(C(=O)O)c1. The summed E-state index contributed by atoms with van der Waals surface area (Å²) in [6.07, 6.45) is 1.16. The highest BCUT2D eigenvalue weighted by Crippen LogP contribution is 2.27. The van der Waals surface area contributed by atoms with E-state index >= 15 is 0 Å². The monoisotopic (exact) mass is 434 g/mol. The fourth-order valence-corrected chi connectivity index (χ4v) is 2.79. The molecular weight excluding hydrogens is 404 g/mol. The van der Waals surface area contributed by atoms with E-state index in [1.54, 1.807) is 27.7 Å². The number of aromatic carboxylic acids is 2. The molecule has 1 rings (SSSR count). The van der Waals surface area contributed by atoms with Crippen LogP contribution >= 0.6 is 0 Å². The molecule has 0 aliphatic carbocycles. The first-order chi connectivity index (χ1) is 14.3. The number of benzene rings is 1. The lowest BCUT2D eigenvalue weighted by Crippen LogP contribution is -2.40. The topological polar surface area (TPSA) is 127 Å². The number of carboxylic acids is 2. The fourth-order valence-electron chi connectivity index (χ4n) is 2.79. The molecule has 1 aromatic carbocycles. The summed E-state index contributed by atoms with van der Waals surface area (Å²) in [4.78, 5) is 47.6. The van der Waals surface area contributed by atoms with Gasteiger partial charge in [-0.05, 0) is 45.7 Å². The molecule has 8 heteroatoms. The van der Waals surface area contributed by atoms with Gasteiger partial charge in [0.1, 0.15) is 11.2 Å². The second-order valence-corrected chi connectivity index (χ2v) is 7.86. The molecule has 0 spiro atoms. The van der Waals surface area contributed by atoms with E-state index in [0.29, 0.717) is 19.3 Å². The van der Waals surface area contributed by atoms with Crippen LogP contribution in [0.25, 0.3) is 0 Å². The molecule has 0 saturated heterocycles. The first-order valence-electron chi connectivity index (χ1n) is 9.98. The van der Waals surface area contributed by atoms with Gasteiger partial charge in [-0.2, -0.15) is 0 Å². The van der Waals surface area contributed by atoms with Crippen LogP contribution in [0, 0.1) is 0 Å². The van der Waals surface area contributed by atoms with Crippen molar-refractivity contribution in [2.75, 3.05) is 6.61 Å². The minimum atomic E-state index is -1.44. The van der Waals surface area contributed by atoms with Crippen LogP contribution in [0.2, 0.25) is 0 Å². The number of ketones is 1. The molecule has 31 heavy (non-hydrogen) atoms. The second kappa shape index (κ2) is 10.3. The van der Waals surface area contributed by atoms with Gasteiger partial charge in [-0.25, -0.2) is 14.4 Å². The van der Waals surface area contributed by atoms with Gasteiger partial charge in [-0.15, -0.1) is 0 Å². The third-order valence-corrected chi connectivity index (χ3v) is 5.38. The number of carbonyl (C=O) groups is 4. The Kier molecular flexibility index (Phi) is 8.69. The van der Waals surface area contributed by atoms with Gasteiger partial charge in [0.2, 0.25) is 0 Å². The van der Waals surface area contributed by atoms with Crippen molar-refractivity contribution in [3.63, 3.8) is 0 Å². The molecule has 0 radical (unpaired) electrons. The molecule has 0 amide bonds. The molecule has 1 aromatic rings. The quantitative estimate of drug-likeness (QED) is 0.286. The van der Waals surface area contributed by atoms with Gasteiger partial charge in [-0.3, -0.25) is 4.79 Å². The Morgan fingerprint density at radius 3 is 2.03 bits per heavy atom. The lowest BCUT2D eigenvalue weighted by molar-refractivity contribution is -0.156. The van der Waals surface area contributed by atoms with Crippen molar-refractivity contribution in [1.29, 1.82) is 0 Å². The summed E-state index contributed by atoms with van der Waals surface area (Å²) in [6.45, 7) is 12.2. The molecule has 0 aromatic heterocycles. The summed E-state index contributed by atoms with van der Waals surface area (Å²) in [6, 6.07) is 3.43. The van der Waals surface area contributed by atoms with Crippen LogP contribution < -0.4 is 0 Å². The molecule has 0 aliphatic rings. The van der Waals surface area contributed by atoms with Crippen molar-refractivity contribution < 1.29 is 38.9 Å². The molecule has 2 atom stereocenters. The molecule has 170 valence electrons. The zero-order chi connectivity index (χ0) is 24.0. The molecule has 0 fully saturated rings. The second-order valence-electron chi connectivity index (χ2n) is 7.86. The molecule has 2 N–H and O–H groups in total. The molecule has 0 bridgehead atoms. The zero-order valence-electron chi connectivity index (χ0n) is 18.6. The largest absolute Gasteiger partial charge is 0.478 e. The van der Waals surface area contributed by atoms with Crippen molar-refractivity contribution in [2.24, 2.45) is 0 Å². The normalized spacial score (nSPS) is 14.7. The summed E-state index contributed by atoms with van der Waals surface area (Å²) in [5.74, 6) is -3.80. The van der Waals surface area contributed by atoms with E-state index in [1.165, 1.54) is 6.07 Å². The summed E-state index contributed by atoms with van der Waals surface area (Å²) >= 11 is 0. The van der Waals surface area contributed by atoms with Crippen molar-refractivity contribution in [3.05, 3.63) is 47.0 Å². The molecule has 0 aliphatic heterocycles. The minimum absolute atomic E-state index is 0.0405. The first kappa shape index (κ1) is 26.0. The maximum absolute atomic E-state index is 13.1. The lowest BCUT2D eigenvalue weighted by atomic mass is 9.90. The van der Waals surface area contributed by atoms with Crippen molar-refractivity contribution in [1.82, 2.24) is 0 Å². The Balaban J connectivity index is 3.03. The standard InChI is InChI=1S/C23H30O8/c1-7-22(5,31-21(29)14(3)4)11-12-30-23(6,8-2)18(24)15-9-10-16(19(25)26)17(13-15)20(27)28/h9-10,13H,3,7-8,11-12H2,1-2,4-6H3,(H,25,26)(H,27,28). The van der Waals surface area contributed by atoms with Crippen LogP contribution in [0.15, 0.2) is 30.4 Å². The van der Waals surface area contributed by atoms with E-state index in [-0.39, 0.29) is 17.7 Å². The summed E-state index contributed by atoms with van der Waals surface area (Å²) in [5, 5.41) is 18.4. The van der Waals surface area contributed by atoms with Crippen LogP contribution in [0.4, 0.5) is 0 Å². The summed E-state index contributed by atoms with van der Waals surface area (Å²) in [7, 11) is 0. The number of carboxylic acid groups (broad SMARTS) is 2. The Hall–Kier alpha value is -3.00. The van der Waals surface area contributed by atoms with Gasteiger partial charge in [0.05, 0.1) is 17.7 Å². The number of Topliss-reactive ketones (excluding diaryl/α,β-unsaturated/α-hetero) is 1. The highest BCUT2D eigenvalue weighted by Gasteiger charge is 2.35. The van der Waals surface area contributed by atoms with Gasteiger partial charge < -0.3 is 19.7 Å². The average Bonchev–Trinajstić information content (AvgIpc) is 2.72. The summed E-state index contributed by atoms with van der Waals surface area (Å²) in [5.41, 5.74) is -2.61. The number of carbonyl (C=O) groups excluding carboxylic acids is 2. The van der Waals surface area contributed by atoms with Gasteiger partial charge in [0.25, 0.3) is 0 Å². The summed E-state index contributed by atoms with van der Waals surface area (Å²) < 4.78 is 11.4. The van der Waals surface area contributed by atoms with Gasteiger partial charge >= 0.3 is 17.9 Å². The van der Waals surface area contributed by atoms with Crippen LogP contribution in [0.1, 0.15) is 85.0 Å². The highest BCUT2D eigenvalue weighted by atomic mass is 16.6. The van der Waals surface area contributed by atoms with E-state index in [1.807, 2.05) is 6.92 Å². The third kappa shape index (κ3) is 6.49. The van der Waals surface area contributed by atoms with E-state index in [9.17, 15) is 24.3 Å². The molecular formula is C23H30O8. The Morgan fingerprint density at radius 2 is 1.58 bits per heavy atom. The van der Waals surface area contributed by atoms with E-state index in [2.05, 4.69) is 6.58 Å². The number of ether oxygens (including phenoxy) is 2. The van der Waals surface area contributed by atoms with Crippen molar-refractivity contribution in [3.8, 4) is 0 Å².